The van der Waals surface area contributed by atoms with Gasteiger partial charge in [0.25, 0.3) is 0 Å². The molecule has 0 aromatic rings. The molecule has 20 heavy (non-hydrogen) atoms. The first kappa shape index (κ1) is 16.7. The number of carbonyl (C=O) groups excluding carboxylic acids is 2. The minimum atomic E-state index is -0.519. The molecule has 0 unspecified atom stereocenters. The molecule has 4 heteroatoms. The van der Waals surface area contributed by atoms with Crippen molar-refractivity contribution in [2.45, 2.75) is 71.9 Å². The van der Waals surface area contributed by atoms with Gasteiger partial charge in [0.05, 0.1) is 6.04 Å². The summed E-state index contributed by atoms with van der Waals surface area (Å²) < 4.78 is 5.37. The van der Waals surface area contributed by atoms with Gasteiger partial charge in [-0.3, -0.25) is 9.69 Å². The van der Waals surface area contributed by atoms with E-state index >= 15 is 0 Å². The van der Waals surface area contributed by atoms with Gasteiger partial charge in [0.15, 0.2) is 5.78 Å². The van der Waals surface area contributed by atoms with Gasteiger partial charge in [-0.25, -0.2) is 4.79 Å². The van der Waals surface area contributed by atoms with Crippen molar-refractivity contribution in [2.75, 3.05) is 6.54 Å². The summed E-state index contributed by atoms with van der Waals surface area (Å²) in [6.45, 7) is 10.2. The third-order valence-corrected chi connectivity index (χ3v) is 3.20. The van der Waals surface area contributed by atoms with Crippen molar-refractivity contribution in [1.82, 2.24) is 4.90 Å². The number of likely N-dealkylation sites (tertiary alicyclic amines) is 1. The van der Waals surface area contributed by atoms with Crippen LogP contribution in [0, 0.1) is 0 Å². The van der Waals surface area contributed by atoms with Crippen LogP contribution in [0.25, 0.3) is 0 Å². The molecule has 0 saturated carbocycles. The number of ketones is 1. The Morgan fingerprint density at radius 2 is 1.95 bits per heavy atom. The summed E-state index contributed by atoms with van der Waals surface area (Å²) in [5, 5.41) is 0. The molecule has 1 saturated heterocycles. The van der Waals surface area contributed by atoms with Crippen LogP contribution in [-0.2, 0) is 9.53 Å². The fourth-order valence-corrected chi connectivity index (χ4v) is 2.31. The Morgan fingerprint density at radius 1 is 1.30 bits per heavy atom. The van der Waals surface area contributed by atoms with Crippen LogP contribution in [0.2, 0.25) is 0 Å². The maximum absolute atomic E-state index is 12.2. The van der Waals surface area contributed by atoms with Gasteiger partial charge in [-0.2, -0.15) is 0 Å². The fourth-order valence-electron chi connectivity index (χ4n) is 2.31. The van der Waals surface area contributed by atoms with Crippen molar-refractivity contribution in [2.24, 2.45) is 0 Å². The number of carbonyl (C=O) groups is 2. The summed E-state index contributed by atoms with van der Waals surface area (Å²) in [5.41, 5.74) is 0.697. The molecule has 1 aliphatic heterocycles. The molecule has 0 N–H and O–H groups in total. The van der Waals surface area contributed by atoms with Crippen molar-refractivity contribution in [3.63, 3.8) is 0 Å². The average Bonchev–Trinajstić information content (AvgIpc) is 2.74. The van der Waals surface area contributed by atoms with Gasteiger partial charge in [-0.05, 0) is 53.9 Å². The lowest BCUT2D eigenvalue weighted by molar-refractivity contribution is -0.123. The van der Waals surface area contributed by atoms with Gasteiger partial charge >= 0.3 is 6.09 Å². The number of hydrogen-bond acceptors (Lipinski definition) is 3. The molecule has 1 heterocycles. The highest BCUT2D eigenvalue weighted by Crippen LogP contribution is 2.22. The lowest BCUT2D eigenvalue weighted by Crippen LogP contribution is -2.43. The molecule has 0 aliphatic carbocycles. The Hall–Kier alpha value is -1.32. The molecular formula is C16H27NO3. The molecule has 1 fully saturated rings. The highest BCUT2D eigenvalue weighted by molar-refractivity contribution is 5.88. The predicted octanol–water partition coefficient (Wildman–Crippen LogP) is 3.70. The van der Waals surface area contributed by atoms with E-state index in [2.05, 4.69) is 6.08 Å². The SMILES string of the molecule is CC(C)=CCCC(=O)[C@H]1CCCN1C(=O)OC(C)(C)C. The van der Waals surface area contributed by atoms with Gasteiger partial charge < -0.3 is 4.74 Å². The molecule has 0 aromatic carbocycles. The Balaban J connectivity index is 2.58. The van der Waals surface area contributed by atoms with Gasteiger partial charge in [0, 0.05) is 13.0 Å². The highest BCUT2D eigenvalue weighted by Gasteiger charge is 2.35. The van der Waals surface area contributed by atoms with Crippen molar-refractivity contribution in [3.8, 4) is 0 Å². The average molecular weight is 281 g/mol. The van der Waals surface area contributed by atoms with E-state index in [1.807, 2.05) is 34.6 Å². The van der Waals surface area contributed by atoms with Gasteiger partial charge in [-0.1, -0.05) is 11.6 Å². The molecule has 1 amide bonds. The van der Waals surface area contributed by atoms with Crippen LogP contribution in [-0.4, -0.2) is 35.0 Å². The van der Waals surface area contributed by atoms with E-state index < -0.39 is 5.60 Å². The molecule has 4 nitrogen and oxygen atoms in total. The predicted molar refractivity (Wildman–Crippen MR) is 79.6 cm³/mol. The van der Waals surface area contributed by atoms with Gasteiger partial charge in [0.1, 0.15) is 5.60 Å². The topological polar surface area (TPSA) is 46.6 Å². The van der Waals surface area contributed by atoms with Crippen LogP contribution < -0.4 is 0 Å². The number of amides is 1. The lowest BCUT2D eigenvalue weighted by Gasteiger charge is -2.27. The Kier molecular flexibility index (Phi) is 5.78. The van der Waals surface area contributed by atoms with Crippen LogP contribution in [0.3, 0.4) is 0 Å². The van der Waals surface area contributed by atoms with Crippen LogP contribution in [0.5, 0.6) is 0 Å². The van der Waals surface area contributed by atoms with Crippen LogP contribution in [0.1, 0.15) is 60.3 Å². The first-order chi connectivity index (χ1) is 9.20. The number of hydrogen-bond donors (Lipinski definition) is 0. The zero-order valence-corrected chi connectivity index (χ0v) is 13.4. The molecule has 0 spiro atoms. The maximum Gasteiger partial charge on any atom is 0.410 e. The fraction of sp³-hybridized carbons (Fsp3) is 0.750. The zero-order valence-electron chi connectivity index (χ0n) is 13.4. The number of rotatable bonds is 4. The van der Waals surface area contributed by atoms with E-state index in [1.54, 1.807) is 4.90 Å². The Bertz CT molecular complexity index is 389. The summed E-state index contributed by atoms with van der Waals surface area (Å²) in [7, 11) is 0. The normalized spacial score (nSPS) is 18.9. The van der Waals surface area contributed by atoms with E-state index in [-0.39, 0.29) is 17.9 Å². The number of Topliss-reactive ketones (excluding diaryl/α,β-unsaturated/α-hetero) is 1. The molecular weight excluding hydrogens is 254 g/mol. The molecule has 0 bridgehead atoms. The minimum Gasteiger partial charge on any atom is -0.444 e. The second-order valence-corrected chi connectivity index (χ2v) is 6.62. The van der Waals surface area contributed by atoms with Crippen molar-refractivity contribution < 1.29 is 14.3 Å². The maximum atomic E-state index is 12.2. The van der Waals surface area contributed by atoms with E-state index in [0.717, 1.165) is 19.3 Å². The summed E-state index contributed by atoms with van der Waals surface area (Å²) in [4.78, 5) is 25.9. The first-order valence-electron chi connectivity index (χ1n) is 7.36. The van der Waals surface area contributed by atoms with Crippen molar-refractivity contribution in [3.05, 3.63) is 11.6 Å². The molecule has 114 valence electrons. The van der Waals surface area contributed by atoms with E-state index in [9.17, 15) is 9.59 Å². The number of allylic oxidation sites excluding steroid dienone is 2. The minimum absolute atomic E-state index is 0.144. The molecule has 0 aromatic heterocycles. The monoisotopic (exact) mass is 281 g/mol. The van der Waals surface area contributed by atoms with E-state index in [1.165, 1.54) is 5.57 Å². The third-order valence-electron chi connectivity index (χ3n) is 3.20. The second-order valence-electron chi connectivity index (χ2n) is 6.62. The summed E-state index contributed by atoms with van der Waals surface area (Å²) in [6.07, 6.45) is 4.57. The third kappa shape index (κ3) is 5.35. The van der Waals surface area contributed by atoms with Gasteiger partial charge in [-0.15, -0.1) is 0 Å². The quantitative estimate of drug-likeness (QED) is 0.738. The Labute approximate surface area is 122 Å². The Morgan fingerprint density at radius 3 is 2.50 bits per heavy atom. The highest BCUT2D eigenvalue weighted by atomic mass is 16.6. The summed E-state index contributed by atoms with van der Waals surface area (Å²) in [5.74, 6) is 0.144. The summed E-state index contributed by atoms with van der Waals surface area (Å²) in [6, 6.07) is -0.296. The smallest absolute Gasteiger partial charge is 0.410 e. The second kappa shape index (κ2) is 6.91. The molecule has 1 rings (SSSR count). The van der Waals surface area contributed by atoms with E-state index in [4.69, 9.17) is 4.74 Å². The van der Waals surface area contributed by atoms with E-state index in [0.29, 0.717) is 13.0 Å². The van der Waals surface area contributed by atoms with Gasteiger partial charge in [0.2, 0.25) is 0 Å². The van der Waals surface area contributed by atoms with Crippen molar-refractivity contribution >= 4 is 11.9 Å². The molecule has 1 aliphatic rings. The van der Waals surface area contributed by atoms with Crippen LogP contribution >= 0.6 is 0 Å². The van der Waals surface area contributed by atoms with Crippen molar-refractivity contribution in [1.29, 1.82) is 0 Å². The largest absolute Gasteiger partial charge is 0.444 e. The lowest BCUT2D eigenvalue weighted by atomic mass is 10.0. The number of nitrogens with zero attached hydrogens (tertiary/aromatic N) is 1. The molecule has 0 radical (unpaired) electrons. The first-order valence-corrected chi connectivity index (χ1v) is 7.36. The zero-order chi connectivity index (χ0) is 15.3. The van der Waals surface area contributed by atoms with Crippen LogP contribution in [0.15, 0.2) is 11.6 Å². The number of ether oxygens (including phenoxy) is 1. The molecule has 1 atom stereocenters. The summed E-state index contributed by atoms with van der Waals surface area (Å²) >= 11 is 0. The standard InChI is InChI=1S/C16H27NO3/c1-12(2)8-6-10-14(18)13-9-7-11-17(13)15(19)20-16(3,4)5/h8,13H,6-7,9-11H2,1-5H3/t13-/m1/s1. The van der Waals surface area contributed by atoms with Crippen LogP contribution in [0.4, 0.5) is 4.79 Å².